The minimum absolute atomic E-state index is 0.0495. The number of aromatic nitrogens is 1. The summed E-state index contributed by atoms with van der Waals surface area (Å²) in [6.07, 6.45) is 2.64. The van der Waals surface area contributed by atoms with Gasteiger partial charge >= 0.3 is 0 Å². The normalized spacial score (nSPS) is 21.1. The molecule has 3 atom stereocenters. The lowest BCUT2D eigenvalue weighted by Crippen LogP contribution is -2.54. The minimum Gasteiger partial charge on any atom is -0.369 e. The second kappa shape index (κ2) is 7.93. The Morgan fingerprint density at radius 3 is 2.85 bits per heavy atom. The number of amides is 1. The summed E-state index contributed by atoms with van der Waals surface area (Å²) in [4.78, 5) is 19.1. The number of nitrogens with one attached hydrogen (secondary N) is 1. The van der Waals surface area contributed by atoms with Crippen molar-refractivity contribution in [3.63, 3.8) is 0 Å². The molecule has 0 unspecified atom stereocenters. The average molecular weight is 365 g/mol. The van der Waals surface area contributed by atoms with E-state index in [1.54, 1.807) is 6.20 Å². The number of nitrogens with zero attached hydrogens (tertiary/aromatic N) is 3. The lowest BCUT2D eigenvalue weighted by atomic mass is 9.94. The minimum atomic E-state index is -0.490. The fourth-order valence-corrected chi connectivity index (χ4v) is 3.78. The van der Waals surface area contributed by atoms with Crippen LogP contribution in [0.4, 0.5) is 5.69 Å². The lowest BCUT2D eigenvalue weighted by Gasteiger charge is -2.39. The lowest BCUT2D eigenvalue weighted by molar-refractivity contribution is -0.124. The molecule has 1 amide bonds. The van der Waals surface area contributed by atoms with Crippen LogP contribution in [-0.4, -0.2) is 36.1 Å². The molecule has 0 saturated carbocycles. The van der Waals surface area contributed by atoms with Gasteiger partial charge in [0.25, 0.3) is 0 Å². The molecule has 27 heavy (non-hydrogen) atoms. The highest BCUT2D eigenvalue weighted by atomic mass is 16.2. The Balaban J connectivity index is 1.86. The Morgan fingerprint density at radius 2 is 2.15 bits per heavy atom. The summed E-state index contributed by atoms with van der Waals surface area (Å²) in [7, 11) is 0. The summed E-state index contributed by atoms with van der Waals surface area (Å²) >= 11 is 0. The summed E-state index contributed by atoms with van der Waals surface area (Å²) in [5.74, 6) is 0.452. The highest BCUT2D eigenvalue weighted by Gasteiger charge is 2.29. The van der Waals surface area contributed by atoms with Gasteiger partial charge in [-0.05, 0) is 42.5 Å². The molecule has 3 rings (SSSR count). The third-order valence-electron chi connectivity index (χ3n) is 5.23. The van der Waals surface area contributed by atoms with E-state index in [1.807, 2.05) is 38.1 Å². The van der Waals surface area contributed by atoms with E-state index in [4.69, 9.17) is 5.73 Å². The van der Waals surface area contributed by atoms with Crippen LogP contribution in [0.2, 0.25) is 0 Å². The van der Waals surface area contributed by atoms with Crippen molar-refractivity contribution >= 4 is 22.5 Å². The molecule has 2 heterocycles. The standard InChI is InChI=1S/C21H27N5O/c1-13(2)19(23)21(27)25-16-9-14(3)11-26(12-16)18-7-6-15(10-22)20-17(18)5-4-8-24-20/h4-8,13-14,16,19H,9,11-12,23H2,1-3H3,(H,25,27)/t14-,16+,19-/m0/s1. The van der Waals surface area contributed by atoms with E-state index in [0.29, 0.717) is 11.5 Å². The largest absolute Gasteiger partial charge is 0.369 e. The van der Waals surface area contributed by atoms with Gasteiger partial charge in [0.2, 0.25) is 5.91 Å². The van der Waals surface area contributed by atoms with E-state index in [1.165, 1.54) is 0 Å². The maximum Gasteiger partial charge on any atom is 0.237 e. The van der Waals surface area contributed by atoms with Crippen molar-refractivity contribution in [2.75, 3.05) is 18.0 Å². The maximum absolute atomic E-state index is 12.4. The van der Waals surface area contributed by atoms with Crippen LogP contribution in [0.15, 0.2) is 30.5 Å². The SMILES string of the molecule is CC(C)[C@H](N)C(=O)N[C@@H]1C[C@H](C)CN(c2ccc(C#N)c3ncccc23)C1. The molecule has 0 bridgehead atoms. The molecule has 1 aliphatic heterocycles. The van der Waals surface area contributed by atoms with Crippen LogP contribution in [-0.2, 0) is 4.79 Å². The van der Waals surface area contributed by atoms with Crippen LogP contribution >= 0.6 is 0 Å². The first-order valence-electron chi connectivity index (χ1n) is 9.49. The van der Waals surface area contributed by atoms with Gasteiger partial charge in [0.05, 0.1) is 17.1 Å². The number of anilines is 1. The van der Waals surface area contributed by atoms with Gasteiger partial charge in [0, 0.05) is 36.4 Å². The average Bonchev–Trinajstić information content (AvgIpc) is 2.65. The van der Waals surface area contributed by atoms with Gasteiger partial charge < -0.3 is 16.0 Å². The fourth-order valence-electron chi connectivity index (χ4n) is 3.78. The number of piperidine rings is 1. The number of hydrogen-bond donors (Lipinski definition) is 2. The molecule has 0 radical (unpaired) electrons. The highest BCUT2D eigenvalue weighted by molar-refractivity contribution is 5.95. The van der Waals surface area contributed by atoms with Crippen LogP contribution in [0.25, 0.3) is 10.9 Å². The molecule has 0 aliphatic carbocycles. The van der Waals surface area contributed by atoms with Crippen LogP contribution in [0.1, 0.15) is 32.8 Å². The van der Waals surface area contributed by atoms with Gasteiger partial charge in [0.15, 0.2) is 0 Å². The Labute approximate surface area is 160 Å². The van der Waals surface area contributed by atoms with Gasteiger partial charge in [-0.15, -0.1) is 0 Å². The first-order chi connectivity index (χ1) is 12.9. The molecule has 1 aromatic heterocycles. The molecule has 2 aromatic rings. The van der Waals surface area contributed by atoms with E-state index in [0.717, 1.165) is 36.1 Å². The summed E-state index contributed by atoms with van der Waals surface area (Å²) in [6, 6.07) is 9.48. The zero-order chi connectivity index (χ0) is 19.6. The zero-order valence-electron chi connectivity index (χ0n) is 16.1. The monoisotopic (exact) mass is 365 g/mol. The van der Waals surface area contributed by atoms with E-state index in [9.17, 15) is 10.1 Å². The number of fused-ring (bicyclic) bond motifs is 1. The van der Waals surface area contributed by atoms with Crippen molar-refractivity contribution in [1.82, 2.24) is 10.3 Å². The van der Waals surface area contributed by atoms with Crippen molar-refractivity contribution in [2.45, 2.75) is 39.3 Å². The molecular weight excluding hydrogens is 338 g/mol. The third kappa shape index (κ3) is 4.04. The van der Waals surface area contributed by atoms with E-state index >= 15 is 0 Å². The molecule has 3 N–H and O–H groups in total. The van der Waals surface area contributed by atoms with Crippen LogP contribution in [0.5, 0.6) is 0 Å². The summed E-state index contributed by atoms with van der Waals surface area (Å²) in [6.45, 7) is 7.72. The molecule has 1 aliphatic rings. The zero-order valence-corrected chi connectivity index (χ0v) is 16.1. The van der Waals surface area contributed by atoms with Crippen LogP contribution in [0, 0.1) is 23.2 Å². The molecule has 6 nitrogen and oxygen atoms in total. The van der Waals surface area contributed by atoms with E-state index in [2.05, 4.69) is 28.2 Å². The smallest absolute Gasteiger partial charge is 0.237 e. The second-order valence-corrected chi connectivity index (χ2v) is 7.86. The first kappa shape index (κ1) is 19.1. The summed E-state index contributed by atoms with van der Waals surface area (Å²) in [5.41, 5.74) is 8.35. The predicted molar refractivity (Wildman–Crippen MR) is 107 cm³/mol. The molecule has 1 aromatic carbocycles. The number of carbonyl (C=O) groups is 1. The van der Waals surface area contributed by atoms with Gasteiger partial charge in [-0.2, -0.15) is 5.26 Å². The molecule has 142 valence electrons. The fraction of sp³-hybridized carbons (Fsp3) is 0.476. The van der Waals surface area contributed by atoms with Crippen LogP contribution in [0.3, 0.4) is 0 Å². The third-order valence-corrected chi connectivity index (χ3v) is 5.23. The molecule has 1 fully saturated rings. The van der Waals surface area contributed by atoms with Crippen LogP contribution < -0.4 is 16.0 Å². The van der Waals surface area contributed by atoms with Crippen molar-refractivity contribution in [3.8, 4) is 6.07 Å². The Hall–Kier alpha value is -2.65. The quantitative estimate of drug-likeness (QED) is 0.868. The molecular formula is C21H27N5O. The Bertz CT molecular complexity index is 872. The van der Waals surface area contributed by atoms with Gasteiger partial charge in [0.1, 0.15) is 6.07 Å². The second-order valence-electron chi connectivity index (χ2n) is 7.86. The maximum atomic E-state index is 12.4. The number of pyridine rings is 1. The number of benzene rings is 1. The van der Waals surface area contributed by atoms with Crippen molar-refractivity contribution in [1.29, 1.82) is 5.26 Å². The van der Waals surface area contributed by atoms with Gasteiger partial charge in [-0.1, -0.05) is 20.8 Å². The topological polar surface area (TPSA) is 95.0 Å². The summed E-state index contributed by atoms with van der Waals surface area (Å²) < 4.78 is 0. The van der Waals surface area contributed by atoms with Gasteiger partial charge in [-0.25, -0.2) is 0 Å². The number of carbonyl (C=O) groups excluding carboxylic acids is 1. The van der Waals surface area contributed by atoms with Crippen molar-refractivity contribution < 1.29 is 4.79 Å². The molecule has 0 spiro atoms. The number of nitrogens with two attached hydrogens (primary N) is 1. The summed E-state index contributed by atoms with van der Waals surface area (Å²) in [5, 5.41) is 13.4. The Morgan fingerprint density at radius 1 is 1.37 bits per heavy atom. The van der Waals surface area contributed by atoms with E-state index in [-0.39, 0.29) is 17.9 Å². The number of hydrogen-bond acceptors (Lipinski definition) is 5. The first-order valence-corrected chi connectivity index (χ1v) is 9.49. The molecule has 6 heteroatoms. The van der Waals surface area contributed by atoms with Crippen molar-refractivity contribution in [2.24, 2.45) is 17.6 Å². The molecule has 1 saturated heterocycles. The van der Waals surface area contributed by atoms with E-state index < -0.39 is 6.04 Å². The predicted octanol–water partition coefficient (Wildman–Crippen LogP) is 2.42. The Kier molecular flexibility index (Phi) is 5.62. The highest BCUT2D eigenvalue weighted by Crippen LogP contribution is 2.31. The number of nitriles is 1. The number of rotatable bonds is 4. The van der Waals surface area contributed by atoms with Crippen molar-refractivity contribution in [3.05, 3.63) is 36.0 Å². The van der Waals surface area contributed by atoms with Gasteiger partial charge in [-0.3, -0.25) is 9.78 Å².